The van der Waals surface area contributed by atoms with E-state index in [2.05, 4.69) is 20.9 Å². The second kappa shape index (κ2) is 4.89. The number of terminal acetylenes is 1. The molecule has 2 N–H and O–H groups in total. The Morgan fingerprint density at radius 1 is 1.58 bits per heavy atom. The summed E-state index contributed by atoms with van der Waals surface area (Å²) in [4.78, 5) is 13.5. The van der Waals surface area contributed by atoms with E-state index in [1.165, 1.54) is 4.90 Å². The van der Waals surface area contributed by atoms with Gasteiger partial charge in [0.2, 0.25) is 11.5 Å². The second-order valence-electron chi connectivity index (χ2n) is 4.19. The zero-order valence-corrected chi connectivity index (χ0v) is 10.8. The second-order valence-corrected chi connectivity index (χ2v) is 6.42. The summed E-state index contributed by atoms with van der Waals surface area (Å²) in [5.41, 5.74) is 5.29. The molecule has 19 heavy (non-hydrogen) atoms. The van der Waals surface area contributed by atoms with Gasteiger partial charge in [0, 0.05) is 6.04 Å². The Kier molecular flexibility index (Phi) is 3.44. The van der Waals surface area contributed by atoms with Gasteiger partial charge in [-0.05, 0) is 16.7 Å². The molecule has 0 bridgehead atoms. The molecular weight excluding hydrogens is 272 g/mol. The average molecular weight is 284 g/mol. The van der Waals surface area contributed by atoms with E-state index in [9.17, 15) is 13.2 Å². The average Bonchev–Trinajstić information content (AvgIpc) is 2.91. The highest BCUT2D eigenvalue weighted by Gasteiger charge is 2.36. The lowest BCUT2D eigenvalue weighted by molar-refractivity contribution is 0.0714. The van der Waals surface area contributed by atoms with Crippen molar-refractivity contribution in [3.8, 4) is 12.3 Å². The number of hydrogen-bond donors (Lipinski definition) is 1. The first-order valence-electron chi connectivity index (χ1n) is 5.47. The van der Waals surface area contributed by atoms with Crippen molar-refractivity contribution in [1.29, 1.82) is 0 Å². The summed E-state index contributed by atoms with van der Waals surface area (Å²) < 4.78 is 27.3. The maximum absolute atomic E-state index is 12.2. The molecule has 0 radical (unpaired) electrons. The van der Waals surface area contributed by atoms with Crippen LogP contribution in [-0.2, 0) is 9.84 Å². The normalized spacial score (nSPS) is 20.9. The number of nitrogens with two attached hydrogens (primary N) is 1. The van der Waals surface area contributed by atoms with Gasteiger partial charge in [0.25, 0.3) is 5.91 Å². The standard InChI is InChI=1S/C10H12N4O4S/c1-2-4-14(7-3-5-19(16,17)6-7)10(15)8-9(11)13-18-12-8/h1,7H,3-6H2,(H2,11,13). The first kappa shape index (κ1) is 13.4. The molecule has 2 heterocycles. The first-order valence-corrected chi connectivity index (χ1v) is 7.29. The SMILES string of the molecule is C#CCN(C(=O)c1nonc1N)C1CCS(=O)(=O)C1. The zero-order chi connectivity index (χ0) is 14.0. The lowest BCUT2D eigenvalue weighted by Crippen LogP contribution is -2.41. The summed E-state index contributed by atoms with van der Waals surface area (Å²) in [6.07, 6.45) is 5.56. The molecule has 0 spiro atoms. The maximum atomic E-state index is 12.2. The van der Waals surface area contributed by atoms with Crippen molar-refractivity contribution in [1.82, 2.24) is 15.2 Å². The van der Waals surface area contributed by atoms with Gasteiger partial charge in [-0.15, -0.1) is 6.42 Å². The Labute approximate surface area is 109 Å². The molecule has 1 aromatic heterocycles. The van der Waals surface area contributed by atoms with Crippen LogP contribution in [0, 0.1) is 12.3 Å². The van der Waals surface area contributed by atoms with E-state index in [1.807, 2.05) is 0 Å². The Morgan fingerprint density at radius 2 is 2.32 bits per heavy atom. The van der Waals surface area contributed by atoms with Gasteiger partial charge < -0.3 is 10.6 Å². The lowest BCUT2D eigenvalue weighted by Gasteiger charge is -2.25. The fraction of sp³-hybridized carbons (Fsp3) is 0.500. The predicted octanol–water partition coefficient (Wildman–Crippen LogP) is -1.09. The monoisotopic (exact) mass is 284 g/mol. The molecule has 1 amide bonds. The van der Waals surface area contributed by atoms with Crippen LogP contribution in [0.4, 0.5) is 5.82 Å². The van der Waals surface area contributed by atoms with Gasteiger partial charge in [0.1, 0.15) is 0 Å². The number of sulfone groups is 1. The van der Waals surface area contributed by atoms with Crippen molar-refractivity contribution in [3.05, 3.63) is 5.69 Å². The van der Waals surface area contributed by atoms with Gasteiger partial charge in [-0.1, -0.05) is 5.92 Å². The quantitative estimate of drug-likeness (QED) is 0.700. The smallest absolute Gasteiger partial charge is 0.281 e. The lowest BCUT2D eigenvalue weighted by atomic mass is 10.2. The number of nitrogens with zero attached hydrogens (tertiary/aromatic N) is 3. The summed E-state index contributed by atoms with van der Waals surface area (Å²) in [7, 11) is -3.12. The minimum atomic E-state index is -3.12. The molecule has 1 unspecified atom stereocenters. The van der Waals surface area contributed by atoms with Crippen molar-refractivity contribution < 1.29 is 17.8 Å². The summed E-state index contributed by atoms with van der Waals surface area (Å²) in [5.74, 6) is 1.54. The number of carbonyl (C=O) groups excluding carboxylic acids is 1. The molecule has 1 aliphatic rings. The highest BCUT2D eigenvalue weighted by Crippen LogP contribution is 2.20. The molecule has 0 aliphatic carbocycles. The summed E-state index contributed by atoms with van der Waals surface area (Å²) >= 11 is 0. The van der Waals surface area contributed by atoms with E-state index in [0.29, 0.717) is 6.42 Å². The number of hydrogen-bond acceptors (Lipinski definition) is 7. The molecule has 8 nitrogen and oxygen atoms in total. The highest BCUT2D eigenvalue weighted by molar-refractivity contribution is 7.91. The van der Waals surface area contributed by atoms with Crippen LogP contribution in [0.15, 0.2) is 4.63 Å². The van der Waals surface area contributed by atoms with Crippen LogP contribution in [0.3, 0.4) is 0 Å². The summed E-state index contributed by atoms with van der Waals surface area (Å²) in [5, 5.41) is 6.72. The molecule has 2 rings (SSSR count). The molecule has 1 fully saturated rings. The van der Waals surface area contributed by atoms with Crippen molar-refractivity contribution in [2.45, 2.75) is 12.5 Å². The largest absolute Gasteiger partial charge is 0.379 e. The minimum absolute atomic E-state index is 0.0225. The Bertz CT molecular complexity index is 630. The van der Waals surface area contributed by atoms with Crippen molar-refractivity contribution in [2.75, 3.05) is 23.8 Å². The number of amides is 1. The summed E-state index contributed by atoms with van der Waals surface area (Å²) in [6, 6.07) is -0.468. The van der Waals surface area contributed by atoms with Crippen molar-refractivity contribution in [2.24, 2.45) is 0 Å². The number of anilines is 1. The third-order valence-electron chi connectivity index (χ3n) is 2.89. The molecule has 1 aliphatic heterocycles. The van der Waals surface area contributed by atoms with Gasteiger partial charge in [0.05, 0.1) is 18.1 Å². The van der Waals surface area contributed by atoms with Crippen LogP contribution in [0.5, 0.6) is 0 Å². The molecule has 0 aromatic carbocycles. The van der Waals surface area contributed by atoms with E-state index < -0.39 is 21.8 Å². The van der Waals surface area contributed by atoms with E-state index in [0.717, 1.165) is 0 Å². The topological polar surface area (TPSA) is 119 Å². The van der Waals surface area contributed by atoms with E-state index in [1.54, 1.807) is 0 Å². The Morgan fingerprint density at radius 3 is 2.79 bits per heavy atom. The third kappa shape index (κ3) is 2.68. The van der Waals surface area contributed by atoms with Gasteiger partial charge in [0.15, 0.2) is 9.84 Å². The summed E-state index contributed by atoms with van der Waals surface area (Å²) in [6.45, 7) is -0.0225. The molecule has 1 atom stereocenters. The molecule has 1 aromatic rings. The Balaban J connectivity index is 2.24. The van der Waals surface area contributed by atoms with Crippen LogP contribution in [0.2, 0.25) is 0 Å². The van der Waals surface area contributed by atoms with Crippen molar-refractivity contribution in [3.63, 3.8) is 0 Å². The number of aromatic nitrogens is 2. The Hall–Kier alpha value is -2.08. The fourth-order valence-corrected chi connectivity index (χ4v) is 3.70. The van der Waals surface area contributed by atoms with Crippen LogP contribution in [0.25, 0.3) is 0 Å². The fourth-order valence-electron chi connectivity index (χ4n) is 1.97. The zero-order valence-electron chi connectivity index (χ0n) is 9.94. The number of carbonyl (C=O) groups is 1. The van der Waals surface area contributed by atoms with E-state index in [-0.39, 0.29) is 29.6 Å². The number of nitrogen functional groups attached to an aromatic ring is 1. The number of rotatable bonds is 3. The van der Waals surface area contributed by atoms with Gasteiger partial charge in [-0.25, -0.2) is 13.0 Å². The molecule has 9 heteroatoms. The van der Waals surface area contributed by atoms with Crippen LogP contribution < -0.4 is 5.73 Å². The first-order chi connectivity index (χ1) is 8.94. The van der Waals surface area contributed by atoms with Crippen LogP contribution >= 0.6 is 0 Å². The highest BCUT2D eigenvalue weighted by atomic mass is 32.2. The van der Waals surface area contributed by atoms with E-state index in [4.69, 9.17) is 12.2 Å². The van der Waals surface area contributed by atoms with E-state index >= 15 is 0 Å². The maximum Gasteiger partial charge on any atom is 0.281 e. The molecule has 0 saturated carbocycles. The van der Waals surface area contributed by atoms with Crippen molar-refractivity contribution >= 4 is 21.6 Å². The molecule has 102 valence electrons. The van der Waals surface area contributed by atoms with Gasteiger partial charge in [-0.3, -0.25) is 4.79 Å². The molecular formula is C10H12N4O4S. The minimum Gasteiger partial charge on any atom is -0.379 e. The predicted molar refractivity (Wildman–Crippen MR) is 65.6 cm³/mol. The van der Waals surface area contributed by atoms with Gasteiger partial charge in [-0.2, -0.15) is 0 Å². The third-order valence-corrected chi connectivity index (χ3v) is 4.64. The van der Waals surface area contributed by atoms with Crippen LogP contribution in [0.1, 0.15) is 16.9 Å². The molecule has 1 saturated heterocycles. The van der Waals surface area contributed by atoms with Crippen LogP contribution in [-0.4, -0.2) is 53.6 Å². The van der Waals surface area contributed by atoms with Gasteiger partial charge >= 0.3 is 0 Å².